The summed E-state index contributed by atoms with van der Waals surface area (Å²) in [6.45, 7) is 0. The van der Waals surface area contributed by atoms with E-state index in [-0.39, 0.29) is 5.57 Å². The standard InChI is InChI=1S/C17H15ClO3/c1-21-17(20)14(11-12-7-3-2-4-8-12)16(19)13-9-5-6-10-15(13)18/h2-11,16,19H,1H3/b14-11+. The SMILES string of the molecule is COC(=O)/C(=C/c1ccccc1)C(O)c1ccccc1Cl. The Morgan fingerprint density at radius 3 is 2.38 bits per heavy atom. The number of methoxy groups -OCH3 is 1. The van der Waals surface area contributed by atoms with E-state index in [1.807, 2.05) is 30.3 Å². The second kappa shape index (κ2) is 7.07. The highest BCUT2D eigenvalue weighted by atomic mass is 35.5. The Morgan fingerprint density at radius 2 is 1.76 bits per heavy atom. The fourth-order valence-corrected chi connectivity index (χ4v) is 2.20. The van der Waals surface area contributed by atoms with Gasteiger partial charge in [-0.15, -0.1) is 0 Å². The molecule has 2 aromatic rings. The molecule has 4 heteroatoms. The Labute approximate surface area is 128 Å². The van der Waals surface area contributed by atoms with Crippen LogP contribution < -0.4 is 0 Å². The molecule has 21 heavy (non-hydrogen) atoms. The Hall–Kier alpha value is -2.10. The number of esters is 1. The van der Waals surface area contributed by atoms with E-state index in [4.69, 9.17) is 16.3 Å². The highest BCUT2D eigenvalue weighted by Crippen LogP contribution is 2.29. The number of carbonyl (C=O) groups is 1. The van der Waals surface area contributed by atoms with Gasteiger partial charge in [0.25, 0.3) is 0 Å². The maximum Gasteiger partial charge on any atom is 0.336 e. The van der Waals surface area contributed by atoms with Gasteiger partial charge in [0.2, 0.25) is 0 Å². The average Bonchev–Trinajstić information content (AvgIpc) is 2.53. The van der Waals surface area contributed by atoms with E-state index in [1.165, 1.54) is 7.11 Å². The number of halogens is 1. The fraction of sp³-hybridized carbons (Fsp3) is 0.118. The van der Waals surface area contributed by atoms with Crippen LogP contribution in [0.5, 0.6) is 0 Å². The van der Waals surface area contributed by atoms with Crippen molar-refractivity contribution < 1.29 is 14.6 Å². The molecule has 2 rings (SSSR count). The Balaban J connectivity index is 2.44. The summed E-state index contributed by atoms with van der Waals surface area (Å²) >= 11 is 6.07. The van der Waals surface area contributed by atoms with Gasteiger partial charge in [-0.2, -0.15) is 0 Å². The van der Waals surface area contributed by atoms with Crippen LogP contribution in [0, 0.1) is 0 Å². The molecule has 2 aromatic carbocycles. The maximum atomic E-state index is 11.9. The summed E-state index contributed by atoms with van der Waals surface area (Å²) in [6, 6.07) is 16.1. The van der Waals surface area contributed by atoms with Crippen molar-refractivity contribution in [2.45, 2.75) is 6.10 Å². The molecule has 0 radical (unpaired) electrons. The van der Waals surface area contributed by atoms with Gasteiger partial charge in [-0.1, -0.05) is 60.1 Å². The Bertz CT molecular complexity index is 650. The second-order valence-corrected chi connectivity index (χ2v) is 4.83. The van der Waals surface area contributed by atoms with Crippen LogP contribution >= 0.6 is 11.6 Å². The molecule has 0 heterocycles. The number of aliphatic hydroxyl groups is 1. The number of hydrogen-bond acceptors (Lipinski definition) is 3. The number of ether oxygens (including phenoxy) is 1. The van der Waals surface area contributed by atoms with Crippen molar-refractivity contribution in [3.05, 3.63) is 76.3 Å². The summed E-state index contributed by atoms with van der Waals surface area (Å²) in [6.07, 6.45) is 0.450. The van der Waals surface area contributed by atoms with Gasteiger partial charge in [-0.05, 0) is 17.7 Å². The monoisotopic (exact) mass is 302 g/mol. The summed E-state index contributed by atoms with van der Waals surface area (Å²) < 4.78 is 4.76. The predicted molar refractivity (Wildman–Crippen MR) is 82.8 cm³/mol. The predicted octanol–water partition coefficient (Wildman–Crippen LogP) is 3.63. The van der Waals surface area contributed by atoms with E-state index >= 15 is 0 Å². The van der Waals surface area contributed by atoms with Crippen LogP contribution in [0.1, 0.15) is 17.2 Å². The van der Waals surface area contributed by atoms with Gasteiger partial charge in [-0.25, -0.2) is 4.79 Å². The van der Waals surface area contributed by atoms with Gasteiger partial charge >= 0.3 is 5.97 Å². The number of hydrogen-bond donors (Lipinski definition) is 1. The summed E-state index contributed by atoms with van der Waals surface area (Å²) in [5.41, 5.74) is 1.40. The summed E-state index contributed by atoms with van der Waals surface area (Å²) in [5, 5.41) is 10.9. The van der Waals surface area contributed by atoms with Crippen LogP contribution in [-0.2, 0) is 9.53 Å². The van der Waals surface area contributed by atoms with E-state index < -0.39 is 12.1 Å². The molecule has 0 aliphatic heterocycles. The highest BCUT2D eigenvalue weighted by Gasteiger charge is 2.23. The van der Waals surface area contributed by atoms with E-state index in [1.54, 1.807) is 30.3 Å². The molecule has 0 aliphatic carbocycles. The van der Waals surface area contributed by atoms with Gasteiger partial charge in [0.1, 0.15) is 6.10 Å². The molecule has 0 spiro atoms. The number of benzene rings is 2. The van der Waals surface area contributed by atoms with Gasteiger partial charge in [0.15, 0.2) is 0 Å². The Morgan fingerprint density at radius 1 is 1.14 bits per heavy atom. The zero-order valence-corrected chi connectivity index (χ0v) is 12.2. The molecule has 1 N–H and O–H groups in total. The van der Waals surface area contributed by atoms with Crippen molar-refractivity contribution >= 4 is 23.6 Å². The van der Waals surface area contributed by atoms with Gasteiger partial charge in [-0.3, -0.25) is 0 Å². The second-order valence-electron chi connectivity index (χ2n) is 4.43. The van der Waals surface area contributed by atoms with Crippen LogP contribution in [0.4, 0.5) is 0 Å². The average molecular weight is 303 g/mol. The van der Waals surface area contributed by atoms with Crippen molar-refractivity contribution in [2.75, 3.05) is 7.11 Å². The molecule has 0 aromatic heterocycles. The van der Waals surface area contributed by atoms with Crippen LogP contribution in [0.25, 0.3) is 6.08 Å². The van der Waals surface area contributed by atoms with Crippen molar-refractivity contribution in [3.63, 3.8) is 0 Å². The number of rotatable bonds is 4. The van der Waals surface area contributed by atoms with Crippen molar-refractivity contribution in [1.82, 2.24) is 0 Å². The lowest BCUT2D eigenvalue weighted by Gasteiger charge is -2.15. The molecule has 1 unspecified atom stereocenters. The van der Waals surface area contributed by atoms with Crippen LogP contribution in [0.2, 0.25) is 5.02 Å². The molecular formula is C17H15ClO3. The molecule has 0 fully saturated rings. The van der Waals surface area contributed by atoms with E-state index in [0.29, 0.717) is 10.6 Å². The van der Waals surface area contributed by atoms with Crippen LogP contribution in [-0.4, -0.2) is 18.2 Å². The van der Waals surface area contributed by atoms with Crippen molar-refractivity contribution in [1.29, 1.82) is 0 Å². The highest BCUT2D eigenvalue weighted by molar-refractivity contribution is 6.31. The summed E-state index contributed by atoms with van der Waals surface area (Å²) in [5.74, 6) is -0.591. The molecule has 108 valence electrons. The molecule has 0 saturated carbocycles. The summed E-state index contributed by atoms with van der Waals surface area (Å²) in [7, 11) is 1.28. The zero-order chi connectivity index (χ0) is 15.2. The van der Waals surface area contributed by atoms with Crippen molar-refractivity contribution in [2.24, 2.45) is 0 Å². The smallest absolute Gasteiger partial charge is 0.336 e. The quantitative estimate of drug-likeness (QED) is 0.693. The van der Waals surface area contributed by atoms with Crippen molar-refractivity contribution in [3.8, 4) is 0 Å². The fourth-order valence-electron chi connectivity index (χ4n) is 1.96. The Kier molecular flexibility index (Phi) is 5.14. The zero-order valence-electron chi connectivity index (χ0n) is 11.5. The molecule has 0 aliphatic rings. The van der Waals surface area contributed by atoms with Crippen LogP contribution in [0.3, 0.4) is 0 Å². The van der Waals surface area contributed by atoms with E-state index in [0.717, 1.165) is 5.56 Å². The molecule has 3 nitrogen and oxygen atoms in total. The number of carbonyl (C=O) groups excluding carboxylic acids is 1. The van der Waals surface area contributed by atoms with E-state index in [9.17, 15) is 9.90 Å². The first-order chi connectivity index (χ1) is 10.1. The lowest BCUT2D eigenvalue weighted by Crippen LogP contribution is -2.13. The topological polar surface area (TPSA) is 46.5 Å². The lowest BCUT2D eigenvalue weighted by atomic mass is 9.99. The van der Waals surface area contributed by atoms with Gasteiger partial charge in [0, 0.05) is 10.6 Å². The molecule has 0 saturated heterocycles. The third-order valence-corrected chi connectivity index (χ3v) is 3.38. The minimum atomic E-state index is -1.15. The maximum absolute atomic E-state index is 11.9. The largest absolute Gasteiger partial charge is 0.466 e. The van der Waals surface area contributed by atoms with Gasteiger partial charge < -0.3 is 9.84 Å². The minimum Gasteiger partial charge on any atom is -0.466 e. The molecule has 0 amide bonds. The summed E-state index contributed by atoms with van der Waals surface area (Å²) in [4.78, 5) is 11.9. The third-order valence-electron chi connectivity index (χ3n) is 3.04. The molecule has 1 atom stereocenters. The lowest BCUT2D eigenvalue weighted by molar-refractivity contribution is -0.137. The molecule has 0 bridgehead atoms. The third kappa shape index (κ3) is 3.72. The first-order valence-corrected chi connectivity index (χ1v) is 6.78. The van der Waals surface area contributed by atoms with Gasteiger partial charge in [0.05, 0.1) is 12.7 Å². The first kappa shape index (κ1) is 15.3. The minimum absolute atomic E-state index is 0.136. The van der Waals surface area contributed by atoms with Crippen LogP contribution in [0.15, 0.2) is 60.2 Å². The normalized spacial score (nSPS) is 12.8. The first-order valence-electron chi connectivity index (χ1n) is 6.41. The molecular weight excluding hydrogens is 288 g/mol. The number of aliphatic hydroxyl groups excluding tert-OH is 1. The van der Waals surface area contributed by atoms with E-state index in [2.05, 4.69) is 0 Å².